The number of nitrogens with two attached hydrogens (primary N) is 2. The molecule has 0 saturated carbocycles. The van der Waals surface area contributed by atoms with Gasteiger partial charge in [-0.1, -0.05) is 0 Å². The molecule has 0 aliphatic rings. The van der Waals surface area contributed by atoms with Crippen LogP contribution in [-0.2, 0) is 24.0 Å². The monoisotopic (exact) mass is 317 g/mol. The molecule has 0 aromatic rings. The van der Waals surface area contributed by atoms with Gasteiger partial charge in [0.25, 0.3) is 0 Å². The lowest BCUT2D eigenvalue weighted by atomic mass is 10.1. The number of amides is 4. The van der Waals surface area contributed by atoms with Crippen molar-refractivity contribution in [3.8, 4) is 0 Å². The van der Waals surface area contributed by atoms with Crippen LogP contribution in [-0.4, -0.2) is 60.4 Å². The Morgan fingerprint density at radius 2 is 1.50 bits per heavy atom. The van der Waals surface area contributed by atoms with Crippen molar-refractivity contribution in [3.05, 3.63) is 0 Å². The van der Waals surface area contributed by atoms with E-state index in [0.29, 0.717) is 0 Å². The molecule has 0 aliphatic carbocycles. The number of carboxylic acids is 1. The van der Waals surface area contributed by atoms with Crippen molar-refractivity contribution in [2.45, 2.75) is 18.9 Å². The molecule has 0 aliphatic heterocycles. The molecule has 0 fully saturated rings. The van der Waals surface area contributed by atoms with Crippen molar-refractivity contribution < 1.29 is 29.1 Å². The van der Waals surface area contributed by atoms with Crippen molar-refractivity contribution in [3.63, 3.8) is 0 Å². The van der Waals surface area contributed by atoms with Gasteiger partial charge in [0.15, 0.2) is 0 Å². The van der Waals surface area contributed by atoms with Crippen LogP contribution in [0, 0.1) is 0 Å². The third-order valence-electron chi connectivity index (χ3n) is 2.39. The van der Waals surface area contributed by atoms with Crippen LogP contribution in [0.1, 0.15) is 12.8 Å². The van der Waals surface area contributed by atoms with E-state index in [2.05, 4.69) is 16.0 Å². The summed E-state index contributed by atoms with van der Waals surface area (Å²) in [5.41, 5.74) is 9.91. The van der Waals surface area contributed by atoms with Crippen LogP contribution in [0.15, 0.2) is 0 Å². The smallest absolute Gasteiger partial charge is 0.326 e. The fraction of sp³-hybridized carbons (Fsp3) is 0.545. The largest absolute Gasteiger partial charge is 0.480 e. The van der Waals surface area contributed by atoms with Gasteiger partial charge in [0.05, 0.1) is 19.6 Å². The number of carbonyl (C=O) groups excluding carboxylic acids is 4. The molecule has 0 aromatic heterocycles. The second kappa shape index (κ2) is 10.1. The van der Waals surface area contributed by atoms with E-state index in [-0.39, 0.29) is 25.9 Å². The molecule has 1 atom stereocenters. The Hall–Kier alpha value is -2.69. The van der Waals surface area contributed by atoms with E-state index in [0.717, 1.165) is 0 Å². The molecule has 0 spiro atoms. The van der Waals surface area contributed by atoms with Crippen LogP contribution in [0.5, 0.6) is 0 Å². The van der Waals surface area contributed by atoms with Crippen LogP contribution in [0.2, 0.25) is 0 Å². The Morgan fingerprint density at radius 3 is 2.00 bits per heavy atom. The maximum absolute atomic E-state index is 11.5. The van der Waals surface area contributed by atoms with E-state index >= 15 is 0 Å². The molecule has 22 heavy (non-hydrogen) atoms. The molecule has 0 radical (unpaired) electrons. The predicted octanol–water partition coefficient (Wildman–Crippen LogP) is -3.99. The zero-order chi connectivity index (χ0) is 17.1. The second-order valence-corrected chi connectivity index (χ2v) is 4.22. The highest BCUT2D eigenvalue weighted by atomic mass is 16.4. The van der Waals surface area contributed by atoms with Crippen molar-refractivity contribution in [1.82, 2.24) is 16.0 Å². The SMILES string of the molecule is NCC(=O)NCC(=O)NCC(=O)N[C@@H](CCC(N)=O)C(=O)O. The zero-order valence-electron chi connectivity index (χ0n) is 11.8. The molecular formula is C11H19N5O6. The van der Waals surface area contributed by atoms with Gasteiger partial charge in [0, 0.05) is 6.42 Å². The van der Waals surface area contributed by atoms with E-state index < -0.39 is 42.2 Å². The summed E-state index contributed by atoms with van der Waals surface area (Å²) in [5, 5.41) is 15.4. The van der Waals surface area contributed by atoms with Crippen molar-refractivity contribution >= 4 is 29.6 Å². The highest BCUT2D eigenvalue weighted by Crippen LogP contribution is 1.97. The van der Waals surface area contributed by atoms with E-state index in [1.807, 2.05) is 0 Å². The maximum atomic E-state index is 11.5. The number of nitrogens with one attached hydrogen (secondary N) is 3. The summed E-state index contributed by atoms with van der Waals surface area (Å²) < 4.78 is 0. The number of rotatable bonds is 10. The first-order chi connectivity index (χ1) is 10.3. The van der Waals surface area contributed by atoms with Gasteiger partial charge in [0.2, 0.25) is 23.6 Å². The minimum absolute atomic E-state index is 0.156. The van der Waals surface area contributed by atoms with E-state index in [9.17, 15) is 24.0 Å². The van der Waals surface area contributed by atoms with Gasteiger partial charge in [-0.3, -0.25) is 19.2 Å². The third-order valence-corrected chi connectivity index (χ3v) is 2.39. The number of carboxylic acid groups (broad SMARTS) is 1. The predicted molar refractivity (Wildman–Crippen MR) is 73.1 cm³/mol. The Kier molecular flexibility index (Phi) is 8.86. The van der Waals surface area contributed by atoms with Crippen molar-refractivity contribution in [2.75, 3.05) is 19.6 Å². The Morgan fingerprint density at radius 1 is 0.955 bits per heavy atom. The van der Waals surface area contributed by atoms with Gasteiger partial charge in [-0.25, -0.2) is 4.79 Å². The number of hydrogen-bond acceptors (Lipinski definition) is 6. The van der Waals surface area contributed by atoms with E-state index in [4.69, 9.17) is 16.6 Å². The molecule has 11 nitrogen and oxygen atoms in total. The summed E-state index contributed by atoms with van der Waals surface area (Å²) in [6.45, 7) is -1.10. The first-order valence-electron chi connectivity index (χ1n) is 6.30. The fourth-order valence-electron chi connectivity index (χ4n) is 1.28. The maximum Gasteiger partial charge on any atom is 0.326 e. The van der Waals surface area contributed by atoms with Crippen LogP contribution < -0.4 is 27.4 Å². The standard InChI is InChI=1S/C11H19N5O6/c12-3-8(18)14-4-9(19)15-5-10(20)16-6(11(21)22)1-2-7(13)17/h6H,1-5,12H2,(H2,13,17)(H,14,18)(H,15,19)(H,16,20)(H,21,22)/t6-/m0/s1. The normalized spacial score (nSPS) is 11.1. The minimum Gasteiger partial charge on any atom is -0.480 e. The van der Waals surface area contributed by atoms with Crippen LogP contribution in [0.25, 0.3) is 0 Å². The number of primary amides is 1. The van der Waals surface area contributed by atoms with Crippen LogP contribution in [0.3, 0.4) is 0 Å². The molecule has 124 valence electrons. The van der Waals surface area contributed by atoms with Crippen molar-refractivity contribution in [2.24, 2.45) is 11.5 Å². The summed E-state index contributed by atoms with van der Waals surface area (Å²) >= 11 is 0. The molecule has 0 heterocycles. The summed E-state index contributed by atoms with van der Waals surface area (Å²) in [4.78, 5) is 55.0. The number of carbonyl (C=O) groups is 5. The highest BCUT2D eigenvalue weighted by Gasteiger charge is 2.20. The van der Waals surface area contributed by atoms with E-state index in [1.54, 1.807) is 0 Å². The molecular weight excluding hydrogens is 298 g/mol. The quantitative estimate of drug-likeness (QED) is 0.236. The first-order valence-corrected chi connectivity index (χ1v) is 6.30. The average molecular weight is 317 g/mol. The summed E-state index contributed by atoms with van der Waals surface area (Å²) in [5.74, 6) is -3.94. The molecule has 0 saturated heterocycles. The van der Waals surface area contributed by atoms with Crippen LogP contribution >= 0.6 is 0 Å². The molecule has 0 bridgehead atoms. The lowest BCUT2D eigenvalue weighted by Crippen LogP contribution is -2.47. The van der Waals surface area contributed by atoms with E-state index in [1.165, 1.54) is 0 Å². The zero-order valence-corrected chi connectivity index (χ0v) is 11.8. The second-order valence-electron chi connectivity index (χ2n) is 4.22. The van der Waals surface area contributed by atoms with Crippen molar-refractivity contribution in [1.29, 1.82) is 0 Å². The summed E-state index contributed by atoms with van der Waals surface area (Å²) in [6, 6.07) is -1.28. The topological polar surface area (TPSA) is 194 Å². The van der Waals surface area contributed by atoms with Crippen LogP contribution in [0.4, 0.5) is 0 Å². The Labute approximate surface area is 125 Å². The molecule has 0 aromatic carbocycles. The Balaban J connectivity index is 4.13. The number of hydrogen-bond donors (Lipinski definition) is 6. The third kappa shape index (κ3) is 9.25. The van der Waals surface area contributed by atoms with Gasteiger partial charge < -0.3 is 32.5 Å². The number of aliphatic carboxylic acids is 1. The lowest BCUT2D eigenvalue weighted by molar-refractivity contribution is -0.142. The fourth-order valence-corrected chi connectivity index (χ4v) is 1.28. The molecule has 11 heteroatoms. The average Bonchev–Trinajstić information content (AvgIpc) is 2.46. The molecule has 8 N–H and O–H groups in total. The van der Waals surface area contributed by atoms with Gasteiger partial charge in [-0.2, -0.15) is 0 Å². The molecule has 0 rings (SSSR count). The highest BCUT2D eigenvalue weighted by molar-refractivity contribution is 5.90. The minimum atomic E-state index is -1.32. The van der Waals surface area contributed by atoms with Gasteiger partial charge in [-0.15, -0.1) is 0 Å². The first kappa shape index (κ1) is 19.3. The lowest BCUT2D eigenvalue weighted by Gasteiger charge is -2.14. The summed E-state index contributed by atoms with van der Waals surface area (Å²) in [7, 11) is 0. The molecule has 4 amide bonds. The summed E-state index contributed by atoms with van der Waals surface area (Å²) in [6.07, 6.45) is -0.356. The van der Waals surface area contributed by atoms with Gasteiger partial charge in [-0.05, 0) is 6.42 Å². The Bertz CT molecular complexity index is 452. The molecule has 0 unspecified atom stereocenters. The van der Waals surface area contributed by atoms with Gasteiger partial charge in [0.1, 0.15) is 6.04 Å². The van der Waals surface area contributed by atoms with Gasteiger partial charge >= 0.3 is 5.97 Å².